The van der Waals surface area contributed by atoms with Gasteiger partial charge >= 0.3 is 0 Å². The van der Waals surface area contributed by atoms with E-state index in [-0.39, 0.29) is 11.9 Å². The van der Waals surface area contributed by atoms with Gasteiger partial charge in [-0.05, 0) is 37.5 Å². The van der Waals surface area contributed by atoms with Gasteiger partial charge in [-0.3, -0.25) is 9.69 Å². The molecule has 2 aromatic rings. The SMILES string of the molecule is CC1CCc2ccccc2N1C(=O)CN1CCN(c2ncccn2)CC1. The zero-order valence-electron chi connectivity index (χ0n) is 15.2. The van der Waals surface area contributed by atoms with Crippen LogP contribution in [-0.2, 0) is 11.2 Å². The smallest absolute Gasteiger partial charge is 0.241 e. The molecule has 136 valence electrons. The van der Waals surface area contributed by atoms with Gasteiger partial charge in [0.2, 0.25) is 11.9 Å². The van der Waals surface area contributed by atoms with E-state index in [4.69, 9.17) is 0 Å². The second-order valence-electron chi connectivity index (χ2n) is 7.09. The Kier molecular flexibility index (Phi) is 4.84. The minimum Gasteiger partial charge on any atom is -0.338 e. The summed E-state index contributed by atoms with van der Waals surface area (Å²) < 4.78 is 0. The molecule has 4 rings (SSSR count). The topological polar surface area (TPSA) is 52.6 Å². The van der Waals surface area contributed by atoms with Crippen LogP contribution < -0.4 is 9.80 Å². The quantitative estimate of drug-likeness (QED) is 0.846. The fourth-order valence-corrected chi connectivity index (χ4v) is 3.90. The maximum atomic E-state index is 13.0. The van der Waals surface area contributed by atoms with Gasteiger partial charge in [0.25, 0.3) is 0 Å². The van der Waals surface area contributed by atoms with E-state index < -0.39 is 0 Å². The number of para-hydroxylation sites is 1. The summed E-state index contributed by atoms with van der Waals surface area (Å²) in [5.41, 5.74) is 2.37. The number of piperazine rings is 1. The number of nitrogens with zero attached hydrogens (tertiary/aromatic N) is 5. The molecule has 1 fully saturated rings. The van der Waals surface area contributed by atoms with E-state index in [9.17, 15) is 4.79 Å². The molecule has 1 aromatic heterocycles. The molecule has 3 heterocycles. The zero-order valence-corrected chi connectivity index (χ0v) is 15.2. The molecule has 6 nitrogen and oxygen atoms in total. The van der Waals surface area contributed by atoms with Crippen molar-refractivity contribution in [3.8, 4) is 0 Å². The Labute approximate surface area is 154 Å². The van der Waals surface area contributed by atoms with Gasteiger partial charge in [0.15, 0.2) is 0 Å². The highest BCUT2D eigenvalue weighted by atomic mass is 16.2. The molecule has 1 amide bonds. The third kappa shape index (κ3) is 3.42. The summed E-state index contributed by atoms with van der Waals surface area (Å²) in [5.74, 6) is 0.978. The van der Waals surface area contributed by atoms with E-state index in [2.05, 4.69) is 44.9 Å². The molecule has 1 saturated heterocycles. The van der Waals surface area contributed by atoms with Crippen LogP contribution in [0.3, 0.4) is 0 Å². The summed E-state index contributed by atoms with van der Waals surface area (Å²) in [6.45, 7) is 6.04. The number of hydrogen-bond donors (Lipinski definition) is 0. The molecular formula is C20H25N5O. The lowest BCUT2D eigenvalue weighted by molar-refractivity contribution is -0.120. The number of fused-ring (bicyclic) bond motifs is 1. The van der Waals surface area contributed by atoms with Gasteiger partial charge < -0.3 is 9.80 Å². The molecule has 2 aliphatic heterocycles. The van der Waals surface area contributed by atoms with Crippen LogP contribution in [0.1, 0.15) is 18.9 Å². The molecule has 0 bridgehead atoms. The van der Waals surface area contributed by atoms with E-state index in [1.54, 1.807) is 12.4 Å². The maximum Gasteiger partial charge on any atom is 0.241 e. The van der Waals surface area contributed by atoms with Crippen LogP contribution in [0.4, 0.5) is 11.6 Å². The van der Waals surface area contributed by atoms with E-state index in [0.29, 0.717) is 6.54 Å². The second kappa shape index (κ2) is 7.41. The predicted molar refractivity (Wildman–Crippen MR) is 102 cm³/mol. The molecule has 0 N–H and O–H groups in total. The molecule has 1 aromatic carbocycles. The van der Waals surface area contributed by atoms with Crippen molar-refractivity contribution >= 4 is 17.5 Å². The Bertz CT molecular complexity index is 758. The van der Waals surface area contributed by atoms with Crippen LogP contribution in [0.5, 0.6) is 0 Å². The summed E-state index contributed by atoms with van der Waals surface area (Å²) in [7, 11) is 0. The molecule has 0 saturated carbocycles. The molecule has 26 heavy (non-hydrogen) atoms. The van der Waals surface area contributed by atoms with Crippen molar-refractivity contribution < 1.29 is 4.79 Å². The molecule has 0 spiro atoms. The number of carbonyl (C=O) groups excluding carboxylic acids is 1. The van der Waals surface area contributed by atoms with Crippen molar-refractivity contribution in [2.24, 2.45) is 0 Å². The van der Waals surface area contributed by atoms with Crippen LogP contribution in [0.2, 0.25) is 0 Å². The number of aromatic nitrogens is 2. The number of amides is 1. The summed E-state index contributed by atoms with van der Waals surface area (Å²) in [6, 6.07) is 10.4. The first-order valence-corrected chi connectivity index (χ1v) is 9.36. The van der Waals surface area contributed by atoms with Crippen molar-refractivity contribution in [3.05, 3.63) is 48.3 Å². The second-order valence-corrected chi connectivity index (χ2v) is 7.09. The predicted octanol–water partition coefficient (Wildman–Crippen LogP) is 1.97. The highest BCUT2D eigenvalue weighted by Gasteiger charge is 2.29. The van der Waals surface area contributed by atoms with Crippen molar-refractivity contribution in [1.82, 2.24) is 14.9 Å². The number of rotatable bonds is 3. The zero-order chi connectivity index (χ0) is 17.9. The molecule has 1 atom stereocenters. The Balaban J connectivity index is 1.39. The molecule has 0 aliphatic carbocycles. The van der Waals surface area contributed by atoms with Gasteiger partial charge in [0, 0.05) is 50.3 Å². The third-order valence-electron chi connectivity index (χ3n) is 5.36. The standard InChI is InChI=1S/C20H25N5O/c1-16-7-8-17-5-2-3-6-18(17)25(16)19(26)15-23-11-13-24(14-12-23)20-21-9-4-10-22-20/h2-6,9-10,16H,7-8,11-15H2,1H3. The molecule has 6 heteroatoms. The first kappa shape index (κ1) is 17.0. The summed E-state index contributed by atoms with van der Waals surface area (Å²) in [5, 5.41) is 0. The van der Waals surface area contributed by atoms with Gasteiger partial charge in [-0.15, -0.1) is 0 Å². The van der Waals surface area contributed by atoms with Crippen molar-refractivity contribution in [2.45, 2.75) is 25.8 Å². The van der Waals surface area contributed by atoms with Crippen LogP contribution in [0.25, 0.3) is 0 Å². The first-order valence-electron chi connectivity index (χ1n) is 9.36. The number of hydrogen-bond acceptors (Lipinski definition) is 5. The van der Waals surface area contributed by atoms with E-state index in [0.717, 1.165) is 50.7 Å². The number of carbonyl (C=O) groups is 1. The fourth-order valence-electron chi connectivity index (χ4n) is 3.90. The fraction of sp³-hybridized carbons (Fsp3) is 0.450. The lowest BCUT2D eigenvalue weighted by Crippen LogP contribution is -2.52. The minimum absolute atomic E-state index is 0.203. The van der Waals surface area contributed by atoms with E-state index in [1.165, 1.54) is 5.56 Å². The van der Waals surface area contributed by atoms with Gasteiger partial charge in [0.1, 0.15) is 0 Å². The summed E-state index contributed by atoms with van der Waals surface area (Å²) in [4.78, 5) is 28.1. The largest absolute Gasteiger partial charge is 0.338 e. The van der Waals surface area contributed by atoms with Gasteiger partial charge in [0.05, 0.1) is 6.54 Å². The van der Waals surface area contributed by atoms with Crippen LogP contribution >= 0.6 is 0 Å². The Morgan fingerprint density at radius 2 is 1.81 bits per heavy atom. The van der Waals surface area contributed by atoms with Crippen molar-refractivity contribution in [3.63, 3.8) is 0 Å². The van der Waals surface area contributed by atoms with E-state index >= 15 is 0 Å². The van der Waals surface area contributed by atoms with Crippen LogP contribution in [-0.4, -0.2) is 59.5 Å². The minimum atomic E-state index is 0.203. The van der Waals surface area contributed by atoms with Gasteiger partial charge in [-0.2, -0.15) is 0 Å². The molecule has 1 unspecified atom stereocenters. The average molecular weight is 351 g/mol. The lowest BCUT2D eigenvalue weighted by atomic mass is 9.96. The highest BCUT2D eigenvalue weighted by Crippen LogP contribution is 2.30. The summed E-state index contributed by atoms with van der Waals surface area (Å²) in [6.07, 6.45) is 5.62. The van der Waals surface area contributed by atoms with Crippen LogP contribution in [0.15, 0.2) is 42.7 Å². The van der Waals surface area contributed by atoms with Crippen molar-refractivity contribution in [2.75, 3.05) is 42.5 Å². The third-order valence-corrected chi connectivity index (χ3v) is 5.36. The number of aryl methyl sites for hydroxylation is 1. The van der Waals surface area contributed by atoms with E-state index in [1.807, 2.05) is 17.0 Å². The monoisotopic (exact) mass is 351 g/mol. The van der Waals surface area contributed by atoms with Crippen LogP contribution in [0, 0.1) is 0 Å². The normalized spacial score (nSPS) is 20.7. The molecule has 2 aliphatic rings. The Hall–Kier alpha value is -2.47. The van der Waals surface area contributed by atoms with Gasteiger partial charge in [-0.1, -0.05) is 18.2 Å². The lowest BCUT2D eigenvalue weighted by Gasteiger charge is -2.38. The molecular weight excluding hydrogens is 326 g/mol. The number of anilines is 2. The number of benzene rings is 1. The maximum absolute atomic E-state index is 13.0. The molecule has 0 radical (unpaired) electrons. The Morgan fingerprint density at radius 1 is 1.08 bits per heavy atom. The Morgan fingerprint density at radius 3 is 2.58 bits per heavy atom. The summed E-state index contributed by atoms with van der Waals surface area (Å²) >= 11 is 0. The van der Waals surface area contributed by atoms with Gasteiger partial charge in [-0.25, -0.2) is 9.97 Å². The van der Waals surface area contributed by atoms with Crippen molar-refractivity contribution in [1.29, 1.82) is 0 Å². The first-order chi connectivity index (χ1) is 12.7. The average Bonchev–Trinajstić information content (AvgIpc) is 2.69. The highest BCUT2D eigenvalue weighted by molar-refractivity contribution is 5.96.